The van der Waals surface area contributed by atoms with Crippen molar-refractivity contribution in [3.8, 4) is 22.3 Å². The summed E-state index contributed by atoms with van der Waals surface area (Å²) >= 11 is 0. The number of carboxylic acids is 1. The number of rotatable bonds is 6. The van der Waals surface area contributed by atoms with Crippen LogP contribution in [-0.4, -0.2) is 68.4 Å². The molecule has 9 rings (SSSR count). The van der Waals surface area contributed by atoms with Gasteiger partial charge in [0.2, 0.25) is 0 Å². The summed E-state index contributed by atoms with van der Waals surface area (Å²) in [7, 11) is 0. The number of anilines is 2. The number of carboxylic acid groups (broad SMARTS) is 1. The molecule has 17 heteroatoms. The number of fused-ring (bicyclic) bond motifs is 2. The average molecular weight is 935 g/mol. The van der Waals surface area contributed by atoms with Gasteiger partial charge in [-0.3, -0.25) is 14.4 Å². The summed E-state index contributed by atoms with van der Waals surface area (Å²) in [6.45, 7) is 10.2. The number of H-pyrrole nitrogens is 1. The van der Waals surface area contributed by atoms with Crippen LogP contribution in [0.4, 0.5) is 37.7 Å². The molecule has 3 aliphatic rings. The summed E-state index contributed by atoms with van der Waals surface area (Å²) in [6, 6.07) is 22.1. The number of piperazine rings is 1. The Morgan fingerprint density at radius 2 is 1.31 bits per heavy atom. The molecule has 5 N–H and O–H groups in total. The molecule has 2 atom stereocenters. The molecule has 11 nitrogen and oxygen atoms in total. The van der Waals surface area contributed by atoms with Crippen LogP contribution in [0.2, 0.25) is 0 Å². The number of aromatic nitrogens is 2. The fourth-order valence-corrected chi connectivity index (χ4v) is 9.14. The highest BCUT2D eigenvalue weighted by Gasteiger charge is 2.37. The van der Waals surface area contributed by atoms with Crippen molar-refractivity contribution >= 4 is 58.5 Å². The molecule has 0 bridgehead atoms. The first-order chi connectivity index (χ1) is 32.1. The van der Waals surface area contributed by atoms with Gasteiger partial charge in [0.1, 0.15) is 0 Å². The molecule has 1 saturated heterocycles. The second kappa shape index (κ2) is 17.9. The summed E-state index contributed by atoms with van der Waals surface area (Å²) in [5.74, 6) is -2.10. The molecule has 4 aromatic carbocycles. The lowest BCUT2D eigenvalue weighted by Gasteiger charge is -2.36. The first-order valence-electron chi connectivity index (χ1n) is 21.4. The van der Waals surface area contributed by atoms with Crippen LogP contribution in [0.15, 0.2) is 97.2 Å². The van der Waals surface area contributed by atoms with Crippen molar-refractivity contribution in [2.24, 2.45) is 0 Å². The molecular weight excluding hydrogens is 891 g/mol. The number of aryl methyl sites for hydroxylation is 2. The third-order valence-electron chi connectivity index (χ3n) is 12.0. The van der Waals surface area contributed by atoms with Crippen LogP contribution in [0, 0.1) is 20.8 Å². The molecule has 3 aliphatic heterocycles. The van der Waals surface area contributed by atoms with Gasteiger partial charge in [0.05, 0.1) is 39.1 Å². The number of carbonyl (C=O) groups is 4. The Labute approximate surface area is 386 Å². The monoisotopic (exact) mass is 934 g/mol. The maximum absolute atomic E-state index is 13.8. The van der Waals surface area contributed by atoms with Crippen molar-refractivity contribution in [1.29, 1.82) is 0 Å². The van der Waals surface area contributed by atoms with Crippen molar-refractivity contribution in [3.63, 3.8) is 0 Å². The highest BCUT2D eigenvalue weighted by atomic mass is 19.4. The third-order valence-corrected chi connectivity index (χ3v) is 12.0. The molecule has 5 heterocycles. The Morgan fingerprint density at radius 1 is 0.721 bits per heavy atom. The van der Waals surface area contributed by atoms with E-state index < -0.39 is 41.3 Å². The fourth-order valence-electron chi connectivity index (χ4n) is 9.14. The van der Waals surface area contributed by atoms with Gasteiger partial charge < -0.3 is 35.5 Å². The molecule has 0 radical (unpaired) electrons. The molecular formula is C51H44F6N6O5. The number of alkyl halides is 6. The lowest BCUT2D eigenvalue weighted by Crippen LogP contribution is -2.55. The van der Waals surface area contributed by atoms with Crippen LogP contribution in [0.3, 0.4) is 0 Å². The second-order valence-electron chi connectivity index (χ2n) is 17.0. The van der Waals surface area contributed by atoms with Gasteiger partial charge in [0, 0.05) is 71.5 Å². The van der Waals surface area contributed by atoms with Crippen LogP contribution in [0.5, 0.6) is 0 Å². The van der Waals surface area contributed by atoms with Gasteiger partial charge in [-0.05, 0) is 105 Å². The number of nitrogens with zero attached hydrogens (tertiary/aromatic N) is 2. The van der Waals surface area contributed by atoms with Crippen molar-refractivity contribution in [2.45, 2.75) is 59.1 Å². The van der Waals surface area contributed by atoms with Crippen LogP contribution >= 0.6 is 0 Å². The van der Waals surface area contributed by atoms with Gasteiger partial charge in [-0.1, -0.05) is 54.6 Å². The molecule has 0 spiro atoms. The molecule has 1 fully saturated rings. The van der Waals surface area contributed by atoms with Gasteiger partial charge in [0.15, 0.2) is 0 Å². The van der Waals surface area contributed by atoms with Crippen molar-refractivity contribution < 1.29 is 50.6 Å². The smallest absolute Gasteiger partial charge is 0.417 e. The largest absolute Gasteiger partial charge is 0.478 e. The molecule has 0 aliphatic carbocycles. The first kappa shape index (κ1) is 46.9. The average Bonchev–Trinajstić information content (AvgIpc) is 3.99. The van der Waals surface area contributed by atoms with E-state index in [1.165, 1.54) is 30.5 Å². The van der Waals surface area contributed by atoms with Crippen LogP contribution in [0.1, 0.15) is 79.5 Å². The van der Waals surface area contributed by atoms with Gasteiger partial charge in [0.25, 0.3) is 17.7 Å². The first-order valence-corrected chi connectivity index (χ1v) is 21.4. The Balaban J connectivity index is 0.000000187. The molecule has 2 aromatic heterocycles. The minimum atomic E-state index is -4.56. The molecule has 2 unspecified atom stereocenters. The van der Waals surface area contributed by atoms with Crippen LogP contribution < -0.4 is 16.0 Å². The summed E-state index contributed by atoms with van der Waals surface area (Å²) in [6.07, 6.45) is -4.38. The number of hydrogen-bond donors (Lipinski definition) is 5. The van der Waals surface area contributed by atoms with E-state index >= 15 is 0 Å². The van der Waals surface area contributed by atoms with E-state index in [1.54, 1.807) is 84.1 Å². The zero-order chi connectivity index (χ0) is 49.0. The number of aromatic carboxylic acids is 1. The normalized spacial score (nSPS) is 18.0. The van der Waals surface area contributed by atoms with Gasteiger partial charge in [-0.25, -0.2) is 4.79 Å². The van der Waals surface area contributed by atoms with E-state index in [0.29, 0.717) is 69.2 Å². The number of aromatic amines is 1. The van der Waals surface area contributed by atoms with Gasteiger partial charge in [-0.2, -0.15) is 26.3 Å². The number of nitrogens with one attached hydrogen (secondary N) is 4. The Kier molecular flexibility index (Phi) is 12.3. The summed E-state index contributed by atoms with van der Waals surface area (Å²) in [4.78, 5) is 55.7. The van der Waals surface area contributed by atoms with E-state index in [1.807, 2.05) is 20.8 Å². The topological polar surface area (TPSA) is 149 Å². The number of benzene rings is 4. The van der Waals surface area contributed by atoms with Crippen LogP contribution in [-0.2, 0) is 21.9 Å². The Hall–Kier alpha value is -7.66. The predicted molar refractivity (Wildman–Crippen MR) is 247 cm³/mol. The van der Waals surface area contributed by atoms with E-state index in [4.69, 9.17) is 0 Å². The van der Waals surface area contributed by atoms with E-state index in [9.17, 15) is 50.6 Å². The zero-order valence-corrected chi connectivity index (χ0v) is 37.2. The minimum Gasteiger partial charge on any atom is -0.478 e. The quantitative estimate of drug-likeness (QED) is 0.0830. The molecule has 0 saturated carbocycles. The maximum Gasteiger partial charge on any atom is 0.417 e. The molecule has 3 amide bonds. The highest BCUT2D eigenvalue weighted by Crippen LogP contribution is 2.45. The minimum absolute atomic E-state index is 0.0167. The van der Waals surface area contributed by atoms with Crippen molar-refractivity contribution in [3.05, 3.63) is 153 Å². The third kappa shape index (κ3) is 9.08. The van der Waals surface area contributed by atoms with E-state index in [2.05, 4.69) is 20.9 Å². The summed E-state index contributed by atoms with van der Waals surface area (Å²) in [5, 5.41) is 18.3. The molecule has 350 valence electrons. The van der Waals surface area contributed by atoms with Crippen molar-refractivity contribution in [1.82, 2.24) is 19.8 Å². The summed E-state index contributed by atoms with van der Waals surface area (Å²) in [5.41, 5.74) is 4.37. The Bertz CT molecular complexity index is 3100. The van der Waals surface area contributed by atoms with Crippen LogP contribution in [0.25, 0.3) is 45.7 Å². The fraction of sp³-hybridized carbons (Fsp3) is 0.216. The standard InChI is InChI=1S/C28H27F3N4O2.C23H17F3N2O3/c1-15-11-20(27(37)35-13-16(2)32-17(3)14-35)24(33-15)12-21-25-19(8-6-10-23(25)34-26(21)36)18-7-4-5-9-22(18)28(29,30)31;1-12-10-28(13(2)19(12)22(30)31)11-17-20-16(7-4-8-18(20)27-21(17)29)14-5-3-6-15(9-14)23(24,25)26/h4-12,16-17,32-33H,13-14H2,1-3H3,(H,34,36);3-11H,1-2H3,(H,27,29)(H,30,31). The number of hydrogen-bond acceptors (Lipinski definition) is 5. The summed E-state index contributed by atoms with van der Waals surface area (Å²) < 4.78 is 82.7. The maximum atomic E-state index is 13.8. The molecule has 6 aromatic rings. The van der Waals surface area contributed by atoms with Gasteiger partial charge in [-0.15, -0.1) is 0 Å². The lowest BCUT2D eigenvalue weighted by atomic mass is 9.91. The number of carbonyl (C=O) groups excluding carboxylic acids is 3. The second-order valence-corrected chi connectivity index (χ2v) is 17.0. The lowest BCUT2D eigenvalue weighted by molar-refractivity contribution is -0.138. The van der Waals surface area contributed by atoms with Crippen molar-refractivity contribution in [2.75, 3.05) is 23.7 Å². The van der Waals surface area contributed by atoms with E-state index in [0.717, 1.165) is 23.9 Å². The molecule has 68 heavy (non-hydrogen) atoms. The predicted octanol–water partition coefficient (Wildman–Crippen LogP) is 10.8. The number of halogens is 6. The highest BCUT2D eigenvalue weighted by molar-refractivity contribution is 6.37. The zero-order valence-electron chi connectivity index (χ0n) is 37.2. The number of amides is 3. The SMILES string of the molecule is Cc1cc(C(=O)N2CC(C)NC(C)C2)c(C=C2C(=O)Nc3cccc(-c4ccccc4C(F)(F)F)c32)[nH]1.Cc1cn(C=C2C(=O)Nc3cccc(-c4cccc(C(F)(F)F)c4)c32)c(C)c1C(=O)O. The van der Waals surface area contributed by atoms with E-state index in [-0.39, 0.29) is 45.8 Å². The van der Waals surface area contributed by atoms with Gasteiger partial charge >= 0.3 is 18.3 Å². The Morgan fingerprint density at radius 3 is 1.93 bits per heavy atom.